The van der Waals surface area contributed by atoms with E-state index in [-0.39, 0.29) is 15.7 Å². The Morgan fingerprint density at radius 1 is 1.47 bits per heavy atom. The van der Waals surface area contributed by atoms with Crippen molar-refractivity contribution in [3.05, 3.63) is 5.21 Å². The molecule has 0 aromatic rings. The molecule has 4 fully saturated rings. The van der Waals surface area contributed by atoms with Crippen molar-refractivity contribution in [1.82, 2.24) is 0 Å². The third-order valence-electron chi connectivity index (χ3n) is 4.23. The number of hydrogen-bond acceptors (Lipinski definition) is 3. The molecule has 4 nitrogen and oxygen atoms in total. The maximum atomic E-state index is 12.3. The quantitative estimate of drug-likeness (QED) is 0.453. The Labute approximate surface area is 92.2 Å². The highest BCUT2D eigenvalue weighted by Crippen LogP contribution is 2.46. The zero-order valence-electron chi connectivity index (χ0n) is 8.98. The van der Waals surface area contributed by atoms with Gasteiger partial charge in [-0.1, -0.05) is 0 Å². The Balaban J connectivity index is 1.91. The molecule has 4 rings (SSSR count). The summed E-state index contributed by atoms with van der Waals surface area (Å²) >= 11 is 0. The lowest BCUT2D eigenvalue weighted by Crippen LogP contribution is -2.67. The van der Waals surface area contributed by atoms with Gasteiger partial charge in [-0.05, 0) is 6.92 Å². The Bertz CT molecular complexity index is 314. The molecule has 2 bridgehead atoms. The molecule has 4 heterocycles. The molecule has 4 saturated heterocycles. The fourth-order valence-corrected chi connectivity index (χ4v) is 4.82. The van der Waals surface area contributed by atoms with E-state index in [1.165, 1.54) is 0 Å². The van der Waals surface area contributed by atoms with Crippen molar-refractivity contribution in [3.63, 3.8) is 0 Å². The molecule has 86 valence electrons. The fraction of sp³-hybridized carbons (Fsp3) is 1.00. The van der Waals surface area contributed by atoms with Crippen LogP contribution in [0.15, 0.2) is 0 Å². The first kappa shape index (κ1) is 10.2. The molecule has 0 unspecified atom stereocenters. The van der Waals surface area contributed by atoms with Crippen molar-refractivity contribution >= 4 is 10.8 Å². The molecule has 0 saturated carbocycles. The highest BCUT2D eigenvalue weighted by atomic mass is 32.2. The van der Waals surface area contributed by atoms with E-state index in [4.69, 9.17) is 4.74 Å². The zero-order valence-corrected chi connectivity index (χ0v) is 9.79. The average Bonchev–Trinajstić information content (AvgIpc) is 2.41. The number of fused-ring (bicyclic) bond motifs is 2. The van der Waals surface area contributed by atoms with Gasteiger partial charge in [0.05, 0.1) is 29.6 Å². The predicted octanol–water partition coefficient (Wildman–Crippen LogP) is 0.588. The predicted molar refractivity (Wildman–Crippen MR) is 57.2 cm³/mol. The first-order valence-electron chi connectivity index (χ1n) is 5.65. The molecular weight excluding hydrogens is 214 g/mol. The third-order valence-corrected chi connectivity index (χ3v) is 5.84. The minimum atomic E-state index is -0.896. The van der Waals surface area contributed by atoms with Crippen molar-refractivity contribution in [2.24, 2.45) is 5.92 Å². The van der Waals surface area contributed by atoms with Crippen LogP contribution in [-0.4, -0.2) is 45.3 Å². The van der Waals surface area contributed by atoms with Crippen LogP contribution in [0.25, 0.3) is 0 Å². The molecule has 3 atom stereocenters. The molecule has 4 aliphatic rings. The number of ether oxygens (including phenoxy) is 1. The molecule has 15 heavy (non-hydrogen) atoms. The van der Waals surface area contributed by atoms with Gasteiger partial charge in [-0.15, -0.1) is 0 Å². The van der Waals surface area contributed by atoms with E-state index in [0.29, 0.717) is 18.2 Å². The Hall–Kier alpha value is 0.0300. The van der Waals surface area contributed by atoms with Crippen LogP contribution < -0.4 is 0 Å². The maximum Gasteiger partial charge on any atom is 0.133 e. The molecule has 0 N–H and O–H groups in total. The van der Waals surface area contributed by atoms with Gasteiger partial charge in [0.15, 0.2) is 0 Å². The van der Waals surface area contributed by atoms with Crippen molar-refractivity contribution in [3.8, 4) is 0 Å². The number of rotatable bonds is 0. The van der Waals surface area contributed by atoms with Crippen LogP contribution in [0.3, 0.4) is 0 Å². The molecular formula is C10H17NO3S. The summed E-state index contributed by atoms with van der Waals surface area (Å²) in [6, 6.07) is 0. The minimum Gasteiger partial charge on any atom is -0.633 e. The molecule has 0 aromatic heterocycles. The van der Waals surface area contributed by atoms with E-state index in [0.717, 1.165) is 25.9 Å². The van der Waals surface area contributed by atoms with Gasteiger partial charge < -0.3 is 14.6 Å². The molecule has 0 amide bonds. The van der Waals surface area contributed by atoms with Crippen LogP contribution in [0.4, 0.5) is 0 Å². The number of piperidine rings is 3. The number of hydroxylamine groups is 3. The van der Waals surface area contributed by atoms with E-state index in [1.54, 1.807) is 0 Å². The SMILES string of the molecule is C[C@@H]1O[C@]2(C[S@@]1=O)C[N+]1([O-])CCC2CC1. The highest BCUT2D eigenvalue weighted by Gasteiger charge is 2.58. The lowest BCUT2D eigenvalue weighted by atomic mass is 9.76. The monoisotopic (exact) mass is 231 g/mol. The second-order valence-electron chi connectivity index (χ2n) is 5.21. The van der Waals surface area contributed by atoms with Crippen LogP contribution in [0.1, 0.15) is 19.8 Å². The van der Waals surface area contributed by atoms with Crippen molar-refractivity contribution < 1.29 is 13.6 Å². The largest absolute Gasteiger partial charge is 0.633 e. The maximum absolute atomic E-state index is 12.3. The number of quaternary nitrogens is 1. The Morgan fingerprint density at radius 2 is 2.13 bits per heavy atom. The van der Waals surface area contributed by atoms with Gasteiger partial charge in [0.2, 0.25) is 0 Å². The van der Waals surface area contributed by atoms with Crippen molar-refractivity contribution in [2.45, 2.75) is 30.8 Å². The molecule has 0 aromatic carbocycles. The summed E-state index contributed by atoms with van der Waals surface area (Å²) in [4.78, 5) is 0. The van der Waals surface area contributed by atoms with Crippen molar-refractivity contribution in [2.75, 3.05) is 25.4 Å². The van der Waals surface area contributed by atoms with Crippen LogP contribution in [0.2, 0.25) is 0 Å². The fourth-order valence-electron chi connectivity index (χ4n) is 3.41. The van der Waals surface area contributed by atoms with Crippen LogP contribution >= 0.6 is 0 Å². The molecule has 1 spiro atoms. The molecule has 5 heteroatoms. The van der Waals surface area contributed by atoms with Crippen LogP contribution in [-0.2, 0) is 15.5 Å². The summed E-state index contributed by atoms with van der Waals surface area (Å²) in [5.41, 5.74) is -0.528. The second kappa shape index (κ2) is 3.03. The van der Waals surface area contributed by atoms with Gasteiger partial charge in [0.1, 0.15) is 17.6 Å². The van der Waals surface area contributed by atoms with E-state index < -0.39 is 10.8 Å². The lowest BCUT2D eigenvalue weighted by molar-refractivity contribution is -0.905. The van der Waals surface area contributed by atoms with Gasteiger partial charge in [-0.25, -0.2) is 0 Å². The molecule has 0 aliphatic carbocycles. The third kappa shape index (κ3) is 1.40. The van der Waals surface area contributed by atoms with Gasteiger partial charge in [0.25, 0.3) is 0 Å². The Morgan fingerprint density at radius 3 is 2.60 bits per heavy atom. The standard InChI is InChI=1S/C10H17NO3S/c1-8-14-10(7-15(8)13)6-11(12)4-2-9(10)3-5-11/h8-9H,2-7H2,1H3/t8-,9?,10+,11?,15+/m1/s1. The summed E-state index contributed by atoms with van der Waals surface area (Å²) in [7, 11) is -0.896. The zero-order chi connectivity index (χ0) is 10.7. The van der Waals surface area contributed by atoms with Gasteiger partial charge in [-0.2, -0.15) is 0 Å². The topological polar surface area (TPSA) is 49.4 Å². The van der Waals surface area contributed by atoms with E-state index in [2.05, 4.69) is 0 Å². The van der Waals surface area contributed by atoms with Gasteiger partial charge in [0, 0.05) is 18.8 Å². The highest BCUT2D eigenvalue weighted by molar-refractivity contribution is 7.85. The summed E-state index contributed by atoms with van der Waals surface area (Å²) < 4.78 is 17.5. The lowest BCUT2D eigenvalue weighted by Gasteiger charge is -2.59. The normalized spacial score (nSPS) is 58.9. The van der Waals surface area contributed by atoms with Crippen LogP contribution in [0, 0.1) is 11.1 Å². The average molecular weight is 231 g/mol. The first-order valence-corrected chi connectivity index (χ1v) is 7.03. The summed E-state index contributed by atoms with van der Waals surface area (Å²) in [5.74, 6) is 1.06. The van der Waals surface area contributed by atoms with E-state index in [1.807, 2.05) is 6.92 Å². The van der Waals surface area contributed by atoms with E-state index >= 15 is 0 Å². The van der Waals surface area contributed by atoms with Gasteiger partial charge >= 0.3 is 0 Å². The van der Waals surface area contributed by atoms with Crippen molar-refractivity contribution in [1.29, 1.82) is 0 Å². The summed E-state index contributed by atoms with van der Waals surface area (Å²) in [5, 5.41) is 12.3. The smallest absolute Gasteiger partial charge is 0.133 e. The van der Waals surface area contributed by atoms with Gasteiger partial charge in [-0.3, -0.25) is 4.21 Å². The summed E-state index contributed by atoms with van der Waals surface area (Å²) in [6.45, 7) is 3.86. The second-order valence-corrected chi connectivity index (χ2v) is 6.93. The number of nitrogens with zero attached hydrogens (tertiary/aromatic N) is 1. The number of hydrogen-bond donors (Lipinski definition) is 0. The first-order chi connectivity index (χ1) is 7.03. The summed E-state index contributed by atoms with van der Waals surface area (Å²) in [6.07, 6.45) is 1.90. The van der Waals surface area contributed by atoms with Crippen LogP contribution in [0.5, 0.6) is 0 Å². The minimum absolute atomic E-state index is 0.111. The van der Waals surface area contributed by atoms with E-state index in [9.17, 15) is 9.42 Å². The Kier molecular flexibility index (Phi) is 2.06. The molecule has 4 aliphatic heterocycles. The molecule has 0 radical (unpaired) electrons.